The fraction of sp³-hybridized carbons (Fsp3) is 0.538. The molecule has 0 aliphatic rings. The van der Waals surface area contributed by atoms with E-state index in [2.05, 4.69) is 10.6 Å². The van der Waals surface area contributed by atoms with Crippen LogP contribution in [-0.4, -0.2) is 49.5 Å². The van der Waals surface area contributed by atoms with Gasteiger partial charge in [0, 0.05) is 19.1 Å². The molecule has 21 heavy (non-hydrogen) atoms. The van der Waals surface area contributed by atoms with Gasteiger partial charge in [0.15, 0.2) is 19.7 Å². The maximum Gasteiger partial charge on any atom is 0.177 e. The first-order chi connectivity index (χ1) is 9.55. The number of nitrogens with one attached hydrogen (secondary N) is 2. The van der Waals surface area contributed by atoms with Gasteiger partial charge in [-0.3, -0.25) is 0 Å². The summed E-state index contributed by atoms with van der Waals surface area (Å²) >= 11 is 0. The van der Waals surface area contributed by atoms with Gasteiger partial charge >= 0.3 is 0 Å². The van der Waals surface area contributed by atoms with Gasteiger partial charge in [0.2, 0.25) is 0 Å². The number of hydrogen-bond donors (Lipinski definition) is 2. The Kier molecular flexibility index (Phi) is 5.77. The monoisotopic (exact) mass is 334 g/mol. The molecule has 0 aliphatic heterocycles. The van der Waals surface area contributed by atoms with Gasteiger partial charge < -0.3 is 10.6 Å². The third-order valence-corrected chi connectivity index (χ3v) is 5.22. The van der Waals surface area contributed by atoms with Gasteiger partial charge in [0.05, 0.1) is 15.5 Å². The van der Waals surface area contributed by atoms with Crippen LogP contribution in [0.3, 0.4) is 0 Å². The molecule has 8 heteroatoms. The van der Waals surface area contributed by atoms with Crippen molar-refractivity contribution in [3.63, 3.8) is 0 Å². The number of anilines is 1. The molecule has 1 aromatic rings. The van der Waals surface area contributed by atoms with E-state index < -0.39 is 19.7 Å². The van der Waals surface area contributed by atoms with E-state index in [-0.39, 0.29) is 9.79 Å². The average molecular weight is 334 g/mol. The van der Waals surface area contributed by atoms with Crippen LogP contribution in [0.5, 0.6) is 0 Å². The van der Waals surface area contributed by atoms with Gasteiger partial charge in [-0.1, -0.05) is 6.92 Å². The lowest BCUT2D eigenvalue weighted by Gasteiger charge is -2.16. The summed E-state index contributed by atoms with van der Waals surface area (Å²) in [5, 5.41) is 6.11. The fourth-order valence-corrected chi connectivity index (χ4v) is 3.49. The van der Waals surface area contributed by atoms with E-state index in [9.17, 15) is 16.8 Å². The zero-order valence-electron chi connectivity index (χ0n) is 12.7. The van der Waals surface area contributed by atoms with Crippen molar-refractivity contribution in [3.8, 4) is 0 Å². The maximum atomic E-state index is 11.9. The van der Waals surface area contributed by atoms with Crippen molar-refractivity contribution < 1.29 is 16.8 Å². The second kappa shape index (κ2) is 6.76. The highest BCUT2D eigenvalue weighted by Crippen LogP contribution is 2.25. The molecule has 120 valence electrons. The van der Waals surface area contributed by atoms with Gasteiger partial charge in [-0.15, -0.1) is 0 Å². The predicted molar refractivity (Wildman–Crippen MR) is 84.2 cm³/mol. The molecule has 0 radical (unpaired) electrons. The summed E-state index contributed by atoms with van der Waals surface area (Å²) < 4.78 is 46.8. The lowest BCUT2D eigenvalue weighted by Crippen LogP contribution is -2.23. The largest absolute Gasteiger partial charge is 0.384 e. The Bertz CT molecular complexity index is 697. The Labute approximate surface area is 126 Å². The third kappa shape index (κ3) is 5.29. The van der Waals surface area contributed by atoms with E-state index in [1.54, 1.807) is 0 Å². The molecule has 0 aromatic heterocycles. The van der Waals surface area contributed by atoms with Crippen molar-refractivity contribution in [1.82, 2.24) is 5.32 Å². The van der Waals surface area contributed by atoms with Gasteiger partial charge in [0.1, 0.15) is 0 Å². The molecule has 0 bridgehead atoms. The Morgan fingerprint density at radius 1 is 1.05 bits per heavy atom. The van der Waals surface area contributed by atoms with Crippen LogP contribution in [0.15, 0.2) is 28.0 Å². The Morgan fingerprint density at radius 3 is 2.14 bits per heavy atom. The number of hydrogen-bond acceptors (Lipinski definition) is 6. The standard InChI is InChI=1S/C13H22N2O4S2/c1-10(8-14-2)9-15-12-6-5-11(20(3,16)17)7-13(12)21(4,18)19/h5-7,10,14-15H,8-9H2,1-4H3. The van der Waals surface area contributed by atoms with E-state index in [4.69, 9.17) is 0 Å². The molecule has 0 amide bonds. The van der Waals surface area contributed by atoms with Crippen molar-refractivity contribution in [3.05, 3.63) is 18.2 Å². The van der Waals surface area contributed by atoms with E-state index in [0.29, 0.717) is 18.2 Å². The average Bonchev–Trinajstić information content (AvgIpc) is 2.34. The number of sulfone groups is 2. The van der Waals surface area contributed by atoms with Crippen molar-refractivity contribution in [1.29, 1.82) is 0 Å². The summed E-state index contributed by atoms with van der Waals surface area (Å²) in [6.07, 6.45) is 2.12. The maximum absolute atomic E-state index is 11.9. The van der Waals surface area contributed by atoms with Crippen molar-refractivity contribution in [2.45, 2.75) is 16.7 Å². The van der Waals surface area contributed by atoms with E-state index in [1.807, 2.05) is 14.0 Å². The van der Waals surface area contributed by atoms with Gasteiger partial charge in [-0.2, -0.15) is 0 Å². The van der Waals surface area contributed by atoms with Gasteiger partial charge in [-0.25, -0.2) is 16.8 Å². The molecule has 0 heterocycles. The Morgan fingerprint density at radius 2 is 1.67 bits per heavy atom. The number of rotatable bonds is 7. The van der Waals surface area contributed by atoms with Crippen LogP contribution in [0.2, 0.25) is 0 Å². The van der Waals surface area contributed by atoms with Crippen LogP contribution >= 0.6 is 0 Å². The fourth-order valence-electron chi connectivity index (χ4n) is 1.89. The normalized spacial score (nSPS) is 13.9. The third-order valence-electron chi connectivity index (χ3n) is 2.97. The van der Waals surface area contributed by atoms with Gasteiger partial charge in [-0.05, 0) is 37.7 Å². The molecule has 1 rings (SSSR count). The van der Waals surface area contributed by atoms with Crippen molar-refractivity contribution in [2.75, 3.05) is 38.0 Å². The number of benzene rings is 1. The van der Waals surface area contributed by atoms with Crippen LogP contribution in [0, 0.1) is 5.92 Å². The van der Waals surface area contributed by atoms with Gasteiger partial charge in [0.25, 0.3) is 0 Å². The Balaban J connectivity index is 3.16. The summed E-state index contributed by atoms with van der Waals surface area (Å²) in [5.41, 5.74) is 0.424. The highest BCUT2D eigenvalue weighted by molar-refractivity contribution is 7.91. The molecule has 2 N–H and O–H groups in total. The molecule has 0 fully saturated rings. The minimum absolute atomic E-state index is 0.00193. The summed E-state index contributed by atoms with van der Waals surface area (Å²) in [4.78, 5) is -0.00108. The van der Waals surface area contributed by atoms with Crippen LogP contribution in [0.1, 0.15) is 6.92 Å². The second-order valence-corrected chi connectivity index (χ2v) is 9.25. The molecular formula is C13H22N2O4S2. The highest BCUT2D eigenvalue weighted by Gasteiger charge is 2.18. The summed E-state index contributed by atoms with van der Waals surface area (Å²) in [7, 11) is -5.12. The van der Waals surface area contributed by atoms with Crippen LogP contribution in [0.4, 0.5) is 5.69 Å². The van der Waals surface area contributed by atoms with Crippen LogP contribution < -0.4 is 10.6 Å². The highest BCUT2D eigenvalue weighted by atomic mass is 32.2. The van der Waals surface area contributed by atoms with E-state index in [1.165, 1.54) is 18.2 Å². The second-order valence-electron chi connectivity index (χ2n) is 5.25. The summed E-state index contributed by atoms with van der Waals surface area (Å²) in [5.74, 6) is 0.303. The smallest absolute Gasteiger partial charge is 0.177 e. The lowest BCUT2D eigenvalue weighted by molar-refractivity contribution is 0.568. The molecule has 1 atom stereocenters. The first-order valence-corrected chi connectivity index (χ1v) is 10.3. The van der Waals surface area contributed by atoms with Crippen LogP contribution in [0.25, 0.3) is 0 Å². The topological polar surface area (TPSA) is 92.3 Å². The minimum Gasteiger partial charge on any atom is -0.384 e. The molecule has 0 spiro atoms. The van der Waals surface area contributed by atoms with Crippen LogP contribution in [-0.2, 0) is 19.7 Å². The lowest BCUT2D eigenvalue weighted by atomic mass is 10.2. The van der Waals surface area contributed by atoms with Crippen molar-refractivity contribution in [2.24, 2.45) is 5.92 Å². The Hall–Kier alpha value is -1.12. The minimum atomic E-state index is -3.52. The van der Waals surface area contributed by atoms with E-state index >= 15 is 0 Å². The quantitative estimate of drug-likeness (QED) is 0.765. The zero-order valence-corrected chi connectivity index (χ0v) is 14.3. The SMILES string of the molecule is CNCC(C)CNc1ccc(S(C)(=O)=O)cc1S(C)(=O)=O. The molecule has 1 aromatic carbocycles. The molecule has 1 unspecified atom stereocenters. The molecule has 6 nitrogen and oxygen atoms in total. The molecular weight excluding hydrogens is 312 g/mol. The summed E-state index contributed by atoms with van der Waals surface area (Å²) in [6, 6.07) is 4.11. The zero-order chi connectivity index (χ0) is 16.3. The summed E-state index contributed by atoms with van der Waals surface area (Å²) in [6.45, 7) is 3.40. The molecule has 0 saturated heterocycles. The van der Waals surface area contributed by atoms with E-state index in [0.717, 1.165) is 19.1 Å². The first-order valence-electron chi connectivity index (χ1n) is 6.48. The molecule has 0 saturated carbocycles. The van der Waals surface area contributed by atoms with Crippen molar-refractivity contribution >= 4 is 25.4 Å². The molecule has 0 aliphatic carbocycles. The first kappa shape index (κ1) is 17.9. The predicted octanol–water partition coefficient (Wildman–Crippen LogP) is 0.761.